The number of hydrogen-bond donors (Lipinski definition) is 0. The highest BCUT2D eigenvalue weighted by Gasteiger charge is 2.37. The summed E-state index contributed by atoms with van der Waals surface area (Å²) in [6.45, 7) is 3.84. The zero-order valence-electron chi connectivity index (χ0n) is 16.6. The van der Waals surface area contributed by atoms with Crippen LogP contribution in [0.25, 0.3) is 10.8 Å². The van der Waals surface area contributed by atoms with Crippen LogP contribution in [0.5, 0.6) is 0 Å². The first-order chi connectivity index (χ1) is 13.8. The maximum atomic E-state index is 13.1. The number of piperazine rings is 1. The highest BCUT2D eigenvalue weighted by atomic mass is 32.2. The molecule has 158 valence electrons. The quantitative estimate of drug-likeness (QED) is 0.734. The third-order valence-corrected chi connectivity index (χ3v) is 9.73. The van der Waals surface area contributed by atoms with E-state index in [1.54, 1.807) is 22.5 Å². The van der Waals surface area contributed by atoms with E-state index in [0.29, 0.717) is 19.0 Å². The van der Waals surface area contributed by atoms with Crippen molar-refractivity contribution in [3.05, 3.63) is 42.5 Å². The van der Waals surface area contributed by atoms with Gasteiger partial charge in [-0.25, -0.2) is 8.42 Å². The molecule has 0 radical (unpaired) electrons. The third kappa shape index (κ3) is 4.06. The molecule has 9 heteroatoms. The fourth-order valence-corrected chi connectivity index (χ4v) is 7.35. The van der Waals surface area contributed by atoms with Gasteiger partial charge in [-0.1, -0.05) is 37.3 Å². The minimum absolute atomic E-state index is 0.164. The van der Waals surface area contributed by atoms with E-state index in [9.17, 15) is 16.8 Å². The molecule has 0 saturated carbocycles. The molecular weight excluding hydrogens is 410 g/mol. The summed E-state index contributed by atoms with van der Waals surface area (Å²) in [6.07, 6.45) is 1.92. The summed E-state index contributed by atoms with van der Waals surface area (Å²) in [5.41, 5.74) is 0. The van der Waals surface area contributed by atoms with E-state index in [0.717, 1.165) is 23.6 Å². The molecule has 0 N–H and O–H groups in total. The molecule has 4 rings (SSSR count). The van der Waals surface area contributed by atoms with Gasteiger partial charge in [-0.15, -0.1) is 0 Å². The van der Waals surface area contributed by atoms with Crippen LogP contribution in [0, 0.1) is 5.92 Å². The second kappa shape index (κ2) is 7.96. The predicted octanol–water partition coefficient (Wildman–Crippen LogP) is 2.12. The fraction of sp³-hybridized carbons (Fsp3) is 0.500. The lowest BCUT2D eigenvalue weighted by Crippen LogP contribution is -2.55. The summed E-state index contributed by atoms with van der Waals surface area (Å²) in [4.78, 5) is 0.248. The van der Waals surface area contributed by atoms with Crippen molar-refractivity contribution in [2.75, 3.05) is 39.3 Å². The number of sulfonamides is 1. The van der Waals surface area contributed by atoms with Crippen LogP contribution >= 0.6 is 0 Å². The van der Waals surface area contributed by atoms with Crippen LogP contribution in [-0.2, 0) is 20.2 Å². The Hall–Kier alpha value is -1.52. The topological polar surface area (TPSA) is 78.0 Å². The lowest BCUT2D eigenvalue weighted by atomic mass is 10.0. The summed E-state index contributed by atoms with van der Waals surface area (Å²) in [7, 11) is -7.19. The van der Waals surface area contributed by atoms with Gasteiger partial charge in [0.1, 0.15) is 0 Å². The first-order valence-corrected chi connectivity index (χ1v) is 12.9. The fourth-order valence-electron chi connectivity index (χ4n) is 4.14. The van der Waals surface area contributed by atoms with Crippen LogP contribution in [0.3, 0.4) is 0 Å². The molecule has 0 bridgehead atoms. The molecular formula is C20H27N3O4S2. The molecule has 2 saturated heterocycles. The van der Waals surface area contributed by atoms with Crippen LogP contribution in [0.2, 0.25) is 0 Å². The Bertz CT molecular complexity index is 1090. The Morgan fingerprint density at radius 1 is 0.793 bits per heavy atom. The van der Waals surface area contributed by atoms with E-state index >= 15 is 0 Å². The number of rotatable bonds is 4. The molecule has 2 aromatic carbocycles. The number of hydrogen-bond acceptors (Lipinski definition) is 4. The van der Waals surface area contributed by atoms with Crippen molar-refractivity contribution in [1.82, 2.24) is 12.9 Å². The predicted molar refractivity (Wildman–Crippen MR) is 113 cm³/mol. The van der Waals surface area contributed by atoms with Crippen LogP contribution in [0.15, 0.2) is 47.4 Å². The molecule has 0 aliphatic carbocycles. The number of benzene rings is 2. The number of fused-ring (bicyclic) bond motifs is 1. The van der Waals surface area contributed by atoms with Gasteiger partial charge in [0.15, 0.2) is 0 Å². The summed E-state index contributed by atoms with van der Waals surface area (Å²) in [5.74, 6) is 0.355. The monoisotopic (exact) mass is 437 g/mol. The van der Waals surface area contributed by atoms with Gasteiger partial charge in [0.25, 0.3) is 10.2 Å². The van der Waals surface area contributed by atoms with Crippen molar-refractivity contribution in [3.8, 4) is 0 Å². The molecule has 2 aromatic rings. The van der Waals surface area contributed by atoms with Gasteiger partial charge in [-0.3, -0.25) is 0 Å². The third-order valence-electron chi connectivity index (χ3n) is 5.83. The van der Waals surface area contributed by atoms with E-state index in [4.69, 9.17) is 0 Å². The summed E-state index contributed by atoms with van der Waals surface area (Å²) in [5, 5.41) is 1.85. The number of nitrogens with zero attached hydrogens (tertiary/aromatic N) is 3. The molecule has 2 aliphatic rings. The van der Waals surface area contributed by atoms with Gasteiger partial charge >= 0.3 is 0 Å². The minimum Gasteiger partial charge on any atom is -0.207 e. The summed E-state index contributed by atoms with van der Waals surface area (Å²) >= 11 is 0. The molecule has 7 nitrogen and oxygen atoms in total. The van der Waals surface area contributed by atoms with Crippen molar-refractivity contribution >= 4 is 31.0 Å². The molecule has 1 unspecified atom stereocenters. The second-order valence-electron chi connectivity index (χ2n) is 7.93. The van der Waals surface area contributed by atoms with E-state index in [-0.39, 0.29) is 31.1 Å². The van der Waals surface area contributed by atoms with Gasteiger partial charge in [0.05, 0.1) is 4.90 Å². The molecule has 2 fully saturated rings. The maximum absolute atomic E-state index is 13.1. The van der Waals surface area contributed by atoms with Crippen molar-refractivity contribution in [2.45, 2.75) is 24.7 Å². The second-order valence-corrected chi connectivity index (χ2v) is 11.8. The van der Waals surface area contributed by atoms with Gasteiger partial charge in [-0.05, 0) is 41.7 Å². The van der Waals surface area contributed by atoms with E-state index in [1.165, 1.54) is 8.61 Å². The first kappa shape index (κ1) is 20.7. The van der Waals surface area contributed by atoms with Gasteiger partial charge in [0.2, 0.25) is 10.0 Å². The highest BCUT2D eigenvalue weighted by Crippen LogP contribution is 2.25. The summed E-state index contributed by atoms with van der Waals surface area (Å²) < 4.78 is 56.4. The smallest absolute Gasteiger partial charge is 0.207 e. The van der Waals surface area contributed by atoms with Crippen LogP contribution in [-0.4, -0.2) is 69.0 Å². The largest absolute Gasteiger partial charge is 0.282 e. The Balaban J connectivity index is 1.48. The average Bonchev–Trinajstić information content (AvgIpc) is 2.73. The van der Waals surface area contributed by atoms with Crippen molar-refractivity contribution in [1.29, 1.82) is 0 Å². The lowest BCUT2D eigenvalue weighted by Gasteiger charge is -2.38. The Morgan fingerprint density at radius 2 is 1.45 bits per heavy atom. The van der Waals surface area contributed by atoms with Crippen LogP contribution in [0.1, 0.15) is 19.8 Å². The Morgan fingerprint density at radius 3 is 2.14 bits per heavy atom. The standard InChI is InChI=1S/C20H27N3O4S2/c1-17-5-4-10-23(16-17)29(26,27)22-13-11-21(12-14-22)28(24,25)20-9-8-18-6-2-3-7-19(18)15-20/h2-3,6-9,15,17H,4-5,10-14,16H2,1H3. The van der Waals surface area contributed by atoms with Gasteiger partial charge < -0.3 is 0 Å². The Kier molecular flexibility index (Phi) is 5.69. The van der Waals surface area contributed by atoms with E-state index < -0.39 is 20.2 Å². The molecule has 0 spiro atoms. The average molecular weight is 438 g/mol. The van der Waals surface area contributed by atoms with Crippen LogP contribution in [0.4, 0.5) is 0 Å². The molecule has 0 aromatic heterocycles. The molecule has 2 aliphatic heterocycles. The molecule has 29 heavy (non-hydrogen) atoms. The molecule has 0 amide bonds. The molecule has 1 atom stereocenters. The molecule has 2 heterocycles. The maximum Gasteiger partial charge on any atom is 0.282 e. The Labute approximate surface area is 173 Å². The first-order valence-electron chi connectivity index (χ1n) is 10.0. The lowest BCUT2D eigenvalue weighted by molar-refractivity contribution is 0.228. The van der Waals surface area contributed by atoms with Crippen molar-refractivity contribution in [2.24, 2.45) is 5.92 Å². The van der Waals surface area contributed by atoms with Crippen LogP contribution < -0.4 is 0 Å². The summed E-state index contributed by atoms with van der Waals surface area (Å²) in [6, 6.07) is 12.7. The SMILES string of the molecule is CC1CCCN(S(=O)(=O)N2CCN(S(=O)(=O)c3ccc4ccccc4c3)CC2)C1. The van der Waals surface area contributed by atoms with Crippen molar-refractivity contribution < 1.29 is 16.8 Å². The highest BCUT2D eigenvalue weighted by molar-refractivity contribution is 7.89. The normalized spacial score (nSPS) is 23.4. The number of piperidine rings is 1. The van der Waals surface area contributed by atoms with E-state index in [2.05, 4.69) is 6.92 Å². The minimum atomic E-state index is -3.66. The zero-order chi connectivity index (χ0) is 20.6. The van der Waals surface area contributed by atoms with Crippen molar-refractivity contribution in [3.63, 3.8) is 0 Å². The van der Waals surface area contributed by atoms with Gasteiger partial charge in [0, 0.05) is 39.3 Å². The zero-order valence-corrected chi connectivity index (χ0v) is 18.2. The van der Waals surface area contributed by atoms with Gasteiger partial charge in [-0.2, -0.15) is 21.3 Å². The van der Waals surface area contributed by atoms with E-state index in [1.807, 2.05) is 24.3 Å².